The number of aromatic nitrogens is 1. The molecule has 0 fully saturated rings. The molecule has 0 bridgehead atoms. The van der Waals surface area contributed by atoms with Crippen molar-refractivity contribution in [1.29, 1.82) is 0 Å². The van der Waals surface area contributed by atoms with Crippen molar-refractivity contribution in [2.24, 2.45) is 10.8 Å². The van der Waals surface area contributed by atoms with Crippen LogP contribution < -0.4 is 0 Å². The molecule has 1 radical (unpaired) electrons. The van der Waals surface area contributed by atoms with Gasteiger partial charge in [0.25, 0.3) is 0 Å². The molecular formula is C31H40IrNO2-. The van der Waals surface area contributed by atoms with Gasteiger partial charge < -0.3 is 5.11 Å². The molecule has 0 aliphatic rings. The number of nitrogens with zero attached hydrogens (tertiary/aromatic N) is 1. The van der Waals surface area contributed by atoms with E-state index in [1.54, 1.807) is 0 Å². The second-order valence-corrected chi connectivity index (χ2v) is 11.3. The van der Waals surface area contributed by atoms with Gasteiger partial charge in [-0.2, -0.15) is 0 Å². The molecular weight excluding hydrogens is 611 g/mol. The van der Waals surface area contributed by atoms with Crippen LogP contribution >= 0.6 is 0 Å². The van der Waals surface area contributed by atoms with E-state index >= 15 is 0 Å². The van der Waals surface area contributed by atoms with Crippen molar-refractivity contribution >= 4 is 16.7 Å². The Morgan fingerprint density at radius 2 is 1.49 bits per heavy atom. The van der Waals surface area contributed by atoms with Crippen molar-refractivity contribution in [3.63, 3.8) is 0 Å². The number of rotatable bonds is 2. The first-order valence-electron chi connectivity index (χ1n) is 11.8. The first kappa shape index (κ1) is 30.7. The normalized spacial score (nSPS) is 12.0. The zero-order valence-corrected chi connectivity index (χ0v) is 25.5. The molecule has 3 aromatic rings. The number of carbonyl (C=O) groups is 1. The number of benzene rings is 2. The molecule has 1 aromatic heterocycles. The van der Waals surface area contributed by atoms with Crippen molar-refractivity contribution in [1.82, 2.24) is 4.98 Å². The minimum Gasteiger partial charge on any atom is -0.512 e. The summed E-state index contributed by atoms with van der Waals surface area (Å²) in [7, 11) is 0. The SMILES string of the molecule is CC(C)(C)C(=O)/C=C(\O)C(C)(C)C.Cc1ccc2c(C)cc(-c3[c-]cc(C)c(C)c3C)nc2c1.[Ir]. The molecule has 1 heterocycles. The molecule has 0 amide bonds. The fourth-order valence-corrected chi connectivity index (χ4v) is 3.34. The average molecular weight is 651 g/mol. The van der Waals surface area contributed by atoms with Crippen molar-refractivity contribution in [3.8, 4) is 11.3 Å². The van der Waals surface area contributed by atoms with E-state index in [9.17, 15) is 9.90 Å². The molecule has 0 saturated heterocycles. The molecule has 0 saturated carbocycles. The van der Waals surface area contributed by atoms with E-state index in [-0.39, 0.29) is 37.1 Å². The number of hydrogen-bond acceptors (Lipinski definition) is 3. The maximum Gasteiger partial charge on any atom is 0.164 e. The number of aryl methyl sites for hydroxylation is 3. The van der Waals surface area contributed by atoms with E-state index in [2.05, 4.69) is 71.0 Å². The van der Waals surface area contributed by atoms with Crippen molar-refractivity contribution in [2.45, 2.75) is 76.2 Å². The second-order valence-electron chi connectivity index (χ2n) is 11.3. The Bertz CT molecular complexity index is 1240. The summed E-state index contributed by atoms with van der Waals surface area (Å²) in [6.07, 6.45) is 1.33. The molecule has 3 nitrogen and oxygen atoms in total. The molecule has 35 heavy (non-hydrogen) atoms. The Morgan fingerprint density at radius 3 is 2.03 bits per heavy atom. The molecule has 3 rings (SSSR count). The van der Waals surface area contributed by atoms with Crippen LogP contribution in [0.1, 0.15) is 69.4 Å². The number of allylic oxidation sites excluding steroid dienone is 2. The van der Waals surface area contributed by atoms with E-state index in [1.165, 1.54) is 39.3 Å². The zero-order valence-electron chi connectivity index (χ0n) is 23.1. The van der Waals surface area contributed by atoms with Crippen LogP contribution in [0.4, 0.5) is 0 Å². The summed E-state index contributed by atoms with van der Waals surface area (Å²) in [5, 5.41) is 10.8. The topological polar surface area (TPSA) is 50.2 Å². The van der Waals surface area contributed by atoms with Gasteiger partial charge in [0.2, 0.25) is 0 Å². The summed E-state index contributed by atoms with van der Waals surface area (Å²) in [4.78, 5) is 16.4. The van der Waals surface area contributed by atoms with Gasteiger partial charge in [0.15, 0.2) is 5.78 Å². The number of aliphatic hydroxyl groups is 1. The van der Waals surface area contributed by atoms with Gasteiger partial charge in [-0.3, -0.25) is 9.78 Å². The first-order valence-corrected chi connectivity index (χ1v) is 11.8. The summed E-state index contributed by atoms with van der Waals surface area (Å²) >= 11 is 0. The van der Waals surface area contributed by atoms with Crippen molar-refractivity contribution in [3.05, 3.63) is 76.1 Å². The summed E-state index contributed by atoms with van der Waals surface area (Å²) in [5.41, 5.74) is 8.83. The number of aliphatic hydroxyl groups excluding tert-OH is 1. The quantitative estimate of drug-likeness (QED) is 0.172. The zero-order chi connectivity index (χ0) is 26.0. The standard InChI is InChI=1S/C20H20N.C11H20O2.Ir/c1-12-6-8-17-14(3)11-20(21-19(17)10-12)18-9-7-13(2)15(4)16(18)5;1-10(2,3)8(12)7-9(13)11(4,5)6;/h6-8,10-11H,1-5H3;7,12H,1-6H3;/q-1;;/b;8-7-;. The molecule has 191 valence electrons. The van der Waals surface area contributed by atoms with Crippen LogP contribution in [0.15, 0.2) is 42.2 Å². The summed E-state index contributed by atoms with van der Waals surface area (Å²) < 4.78 is 0. The van der Waals surface area contributed by atoms with Crippen molar-refractivity contribution in [2.75, 3.05) is 0 Å². The molecule has 0 unspecified atom stereocenters. The first-order chi connectivity index (χ1) is 15.5. The molecule has 2 aromatic carbocycles. The van der Waals surface area contributed by atoms with Crippen LogP contribution in [0.2, 0.25) is 0 Å². The predicted octanol–water partition coefficient (Wildman–Crippen LogP) is 8.33. The van der Waals surface area contributed by atoms with Gasteiger partial charge in [0.1, 0.15) is 5.76 Å². The molecule has 4 heteroatoms. The van der Waals surface area contributed by atoms with E-state index in [0.29, 0.717) is 0 Å². The van der Waals surface area contributed by atoms with Crippen LogP contribution in [0.3, 0.4) is 0 Å². The van der Waals surface area contributed by atoms with Crippen LogP contribution in [0.5, 0.6) is 0 Å². The van der Waals surface area contributed by atoms with E-state index in [1.807, 2.05) is 41.5 Å². The predicted molar refractivity (Wildman–Crippen MR) is 144 cm³/mol. The fraction of sp³-hybridized carbons (Fsp3) is 0.419. The third-order valence-corrected chi connectivity index (χ3v) is 6.17. The maximum absolute atomic E-state index is 11.5. The Labute approximate surface area is 225 Å². The minimum absolute atomic E-state index is 0. The Morgan fingerprint density at radius 1 is 0.886 bits per heavy atom. The Kier molecular flexibility index (Phi) is 10.2. The van der Waals surface area contributed by atoms with Gasteiger partial charge in [-0.15, -0.1) is 34.4 Å². The van der Waals surface area contributed by atoms with Gasteiger partial charge >= 0.3 is 0 Å². The van der Waals surface area contributed by atoms with Crippen LogP contribution in [0.25, 0.3) is 22.2 Å². The monoisotopic (exact) mass is 651 g/mol. The van der Waals surface area contributed by atoms with Gasteiger partial charge in [-0.25, -0.2) is 0 Å². The van der Waals surface area contributed by atoms with E-state index in [0.717, 1.165) is 16.8 Å². The number of fused-ring (bicyclic) bond motifs is 1. The van der Waals surface area contributed by atoms with Crippen molar-refractivity contribution < 1.29 is 30.0 Å². The largest absolute Gasteiger partial charge is 0.512 e. The van der Waals surface area contributed by atoms with E-state index < -0.39 is 5.41 Å². The minimum atomic E-state index is -0.417. The Balaban J connectivity index is 0.000000383. The number of carbonyl (C=O) groups excluding carboxylic acids is 1. The number of hydrogen-bond donors (Lipinski definition) is 1. The molecule has 0 aliphatic carbocycles. The average Bonchev–Trinajstić information content (AvgIpc) is 2.70. The van der Waals surface area contributed by atoms with Gasteiger partial charge in [0, 0.05) is 42.4 Å². The molecule has 0 spiro atoms. The van der Waals surface area contributed by atoms with Crippen LogP contribution in [0, 0.1) is 51.5 Å². The summed E-state index contributed by atoms with van der Waals surface area (Å²) in [6.45, 7) is 21.8. The summed E-state index contributed by atoms with van der Waals surface area (Å²) in [5.74, 6) is 0.104. The molecule has 0 aliphatic heterocycles. The number of ketones is 1. The molecule has 1 N–H and O–H groups in total. The smallest absolute Gasteiger partial charge is 0.164 e. The van der Waals surface area contributed by atoms with Gasteiger partial charge in [-0.05, 0) is 36.7 Å². The Hall–Kier alpha value is -2.29. The van der Waals surface area contributed by atoms with E-state index in [4.69, 9.17) is 4.98 Å². The molecule has 0 atom stereocenters. The summed E-state index contributed by atoms with van der Waals surface area (Å²) in [6, 6.07) is 14.1. The third kappa shape index (κ3) is 7.85. The second kappa shape index (κ2) is 11.6. The van der Waals surface area contributed by atoms with Gasteiger partial charge in [0.05, 0.1) is 5.52 Å². The van der Waals surface area contributed by atoms with Crippen LogP contribution in [-0.4, -0.2) is 15.9 Å². The fourth-order valence-electron chi connectivity index (χ4n) is 3.34. The van der Waals surface area contributed by atoms with Gasteiger partial charge in [-0.1, -0.05) is 80.5 Å². The third-order valence-electron chi connectivity index (χ3n) is 6.17. The maximum atomic E-state index is 11.5. The van der Waals surface area contributed by atoms with Crippen LogP contribution in [-0.2, 0) is 24.9 Å². The number of pyridine rings is 1.